The van der Waals surface area contributed by atoms with Crippen LogP contribution in [0, 0.1) is 28.9 Å². The molecule has 37 heavy (non-hydrogen) atoms. The number of halogens is 3. The van der Waals surface area contributed by atoms with Gasteiger partial charge < -0.3 is 4.43 Å². The largest absolute Gasteiger partial charge is 0.408 e. The quantitative estimate of drug-likeness (QED) is 0.176. The summed E-state index contributed by atoms with van der Waals surface area (Å²) in [6, 6.07) is 14.6. The molecule has 4 rings (SSSR count). The minimum atomic E-state index is -2.11. The van der Waals surface area contributed by atoms with Gasteiger partial charge in [0.25, 0.3) is 0 Å². The number of nitriles is 1. The Kier molecular flexibility index (Phi) is 7.26. The molecule has 0 unspecified atom stereocenters. The van der Waals surface area contributed by atoms with Crippen LogP contribution in [0.3, 0.4) is 0 Å². The van der Waals surface area contributed by atoms with Gasteiger partial charge in [-0.25, -0.2) is 18.7 Å². The Morgan fingerprint density at radius 1 is 1.00 bits per heavy atom. The normalized spacial score (nSPS) is 12.2. The van der Waals surface area contributed by atoms with Crippen molar-refractivity contribution in [3.8, 4) is 28.7 Å². The highest BCUT2D eigenvalue weighted by Crippen LogP contribution is 2.37. The molecule has 5 nitrogen and oxygen atoms in total. The van der Waals surface area contributed by atoms with Crippen molar-refractivity contribution in [1.82, 2.24) is 14.4 Å². The summed E-state index contributed by atoms with van der Waals surface area (Å²) in [5, 5.41) is 9.42. The van der Waals surface area contributed by atoms with E-state index in [1.807, 2.05) is 6.07 Å². The van der Waals surface area contributed by atoms with E-state index >= 15 is 8.78 Å². The van der Waals surface area contributed by atoms with Gasteiger partial charge in [-0.2, -0.15) is 9.65 Å². The van der Waals surface area contributed by atoms with Crippen molar-refractivity contribution in [1.29, 1.82) is 5.26 Å². The van der Waals surface area contributed by atoms with E-state index in [0.29, 0.717) is 17.0 Å². The molecule has 0 aliphatic carbocycles. The second kappa shape index (κ2) is 10.1. The highest BCUT2D eigenvalue weighted by atomic mass is 28.4. The Labute approximate surface area is 215 Å². The molecule has 0 N–H and O–H groups in total. The van der Waals surface area contributed by atoms with Gasteiger partial charge in [0.05, 0.1) is 40.5 Å². The number of pyridine rings is 2. The molecule has 0 saturated heterocycles. The van der Waals surface area contributed by atoms with Crippen LogP contribution in [0.2, 0.25) is 18.1 Å². The highest BCUT2D eigenvalue weighted by Gasteiger charge is 2.38. The lowest BCUT2D eigenvalue weighted by atomic mass is 9.99. The van der Waals surface area contributed by atoms with Crippen molar-refractivity contribution in [2.24, 2.45) is 0 Å². The van der Waals surface area contributed by atoms with Crippen molar-refractivity contribution in [2.45, 2.75) is 58.4 Å². The third-order valence-electron chi connectivity index (χ3n) is 7.11. The number of rotatable bonds is 8. The van der Waals surface area contributed by atoms with Crippen molar-refractivity contribution >= 4 is 14.0 Å². The zero-order valence-electron chi connectivity index (χ0n) is 21.6. The second-order valence-corrected chi connectivity index (χ2v) is 14.3. The number of hydrogen-bond acceptors (Lipinski definition) is 4. The van der Waals surface area contributed by atoms with Crippen molar-refractivity contribution in [2.75, 3.05) is 0 Å². The van der Waals surface area contributed by atoms with E-state index in [-0.39, 0.29) is 22.5 Å². The molecule has 4 aromatic rings. The number of nitrogens with zero attached hydrogens (tertiary/aromatic N) is 4. The third-order valence-corrected chi connectivity index (χ3v) is 11.9. The van der Waals surface area contributed by atoms with Gasteiger partial charge in [-0.05, 0) is 62.3 Å². The van der Waals surface area contributed by atoms with E-state index in [2.05, 4.69) is 30.7 Å². The molecule has 0 spiro atoms. The Balaban J connectivity index is 1.81. The van der Waals surface area contributed by atoms with Crippen LogP contribution in [0.4, 0.5) is 13.2 Å². The van der Waals surface area contributed by atoms with Gasteiger partial charge in [-0.3, -0.25) is 4.40 Å². The van der Waals surface area contributed by atoms with Crippen LogP contribution >= 0.6 is 0 Å². The first-order valence-corrected chi connectivity index (χ1v) is 14.9. The predicted molar refractivity (Wildman–Crippen MR) is 140 cm³/mol. The van der Waals surface area contributed by atoms with Gasteiger partial charge in [0, 0.05) is 17.2 Å². The fourth-order valence-corrected chi connectivity index (χ4v) is 7.96. The van der Waals surface area contributed by atoms with E-state index in [1.54, 1.807) is 32.0 Å². The average Bonchev–Trinajstić information content (AvgIpc) is 3.36. The summed E-state index contributed by atoms with van der Waals surface area (Å²) in [7, 11) is -2.11. The maximum absolute atomic E-state index is 15.8. The molecule has 3 heterocycles. The fraction of sp³-hybridized carbons (Fsp3) is 0.321. The lowest BCUT2D eigenvalue weighted by Gasteiger charge is -2.38. The summed E-state index contributed by atoms with van der Waals surface area (Å²) in [4.78, 5) is 8.75. The molecule has 3 aromatic heterocycles. The van der Waals surface area contributed by atoms with Gasteiger partial charge in [-0.15, -0.1) is 0 Å². The molecule has 0 saturated carbocycles. The number of hydrogen-bond donors (Lipinski definition) is 0. The predicted octanol–water partition coefficient (Wildman–Crippen LogP) is 7.61. The lowest BCUT2D eigenvalue weighted by Crippen LogP contribution is -2.43. The van der Waals surface area contributed by atoms with Crippen LogP contribution in [0.15, 0.2) is 48.7 Å². The van der Waals surface area contributed by atoms with E-state index in [0.717, 1.165) is 28.6 Å². The molecule has 0 fully saturated rings. The molecule has 192 valence electrons. The lowest BCUT2D eigenvalue weighted by molar-refractivity contribution is 0.0895. The van der Waals surface area contributed by atoms with Gasteiger partial charge in [0.2, 0.25) is 5.95 Å². The average molecular weight is 523 g/mol. The second-order valence-electron chi connectivity index (χ2n) is 9.56. The molecule has 9 heteroatoms. The third kappa shape index (κ3) is 4.79. The van der Waals surface area contributed by atoms with Crippen LogP contribution in [-0.2, 0) is 10.0 Å². The molecule has 0 atom stereocenters. The molecule has 0 aliphatic heterocycles. The minimum absolute atomic E-state index is 0.119. The van der Waals surface area contributed by atoms with Crippen LogP contribution in [0.25, 0.3) is 28.3 Å². The molecule has 0 aliphatic rings. The summed E-state index contributed by atoms with van der Waals surface area (Å²) >= 11 is 0. The van der Waals surface area contributed by atoms with Gasteiger partial charge in [-0.1, -0.05) is 26.8 Å². The number of aromatic nitrogens is 3. The van der Waals surface area contributed by atoms with Gasteiger partial charge in [0.1, 0.15) is 5.82 Å². The maximum Gasteiger partial charge on any atom is 0.200 e. The number of imidazole rings is 1. The number of benzene rings is 1. The summed E-state index contributed by atoms with van der Waals surface area (Å²) < 4.78 is 52.7. The summed E-state index contributed by atoms with van der Waals surface area (Å²) in [5.74, 6) is -1.88. The van der Waals surface area contributed by atoms with E-state index in [4.69, 9.17) is 4.43 Å². The standard InChI is InChI=1S/C28H29F3N4OSi/c1-6-37(7-2,8-3)36-28(4,5)21-15-25(30)35-24(17-33-27(35)26(21)31)23-11-9-10-22(34-23)20-13-12-19(29)14-18(20)16-32/h9-15,17H,6-8H2,1-5H3. The first-order chi connectivity index (χ1) is 17.6. The van der Waals surface area contributed by atoms with Crippen LogP contribution < -0.4 is 0 Å². The van der Waals surface area contributed by atoms with E-state index in [9.17, 15) is 9.65 Å². The molecule has 1 aromatic carbocycles. The smallest absolute Gasteiger partial charge is 0.200 e. The van der Waals surface area contributed by atoms with Crippen LogP contribution in [0.5, 0.6) is 0 Å². The van der Waals surface area contributed by atoms with Crippen molar-refractivity contribution in [3.05, 3.63) is 77.4 Å². The molecule has 0 amide bonds. The van der Waals surface area contributed by atoms with Gasteiger partial charge in [0.15, 0.2) is 19.8 Å². The highest BCUT2D eigenvalue weighted by molar-refractivity contribution is 6.73. The first kappa shape index (κ1) is 26.6. The Bertz CT molecular complexity index is 1500. The minimum Gasteiger partial charge on any atom is -0.408 e. The maximum atomic E-state index is 15.8. The Morgan fingerprint density at radius 2 is 1.68 bits per heavy atom. The monoisotopic (exact) mass is 522 g/mol. The zero-order valence-corrected chi connectivity index (χ0v) is 22.6. The van der Waals surface area contributed by atoms with Crippen LogP contribution in [0.1, 0.15) is 45.7 Å². The summed E-state index contributed by atoms with van der Waals surface area (Å²) in [6.45, 7) is 9.80. The molecular weight excluding hydrogens is 493 g/mol. The molecule has 0 radical (unpaired) electrons. The topological polar surface area (TPSA) is 63.2 Å². The zero-order chi connectivity index (χ0) is 27.0. The van der Waals surface area contributed by atoms with Crippen molar-refractivity contribution < 1.29 is 17.6 Å². The van der Waals surface area contributed by atoms with Gasteiger partial charge >= 0.3 is 0 Å². The van der Waals surface area contributed by atoms with E-state index in [1.165, 1.54) is 24.4 Å². The molecular formula is C28H29F3N4OSi. The summed E-state index contributed by atoms with van der Waals surface area (Å²) in [6.07, 6.45) is 1.37. The van der Waals surface area contributed by atoms with E-state index < -0.39 is 31.5 Å². The van der Waals surface area contributed by atoms with Crippen molar-refractivity contribution in [3.63, 3.8) is 0 Å². The van der Waals surface area contributed by atoms with Crippen LogP contribution in [-0.4, -0.2) is 22.7 Å². The SMILES string of the molecule is CC[Si](CC)(CC)OC(C)(C)c1cc(F)n2c(-c3cccc(-c4ccc(F)cc4C#N)n3)cnc2c1F. The first-order valence-electron chi connectivity index (χ1n) is 12.3. The molecule has 0 bridgehead atoms. The Hall–Kier alpha value is -3.48. The summed E-state index contributed by atoms with van der Waals surface area (Å²) in [5.41, 5.74) is 0.449. The fourth-order valence-electron chi connectivity index (χ4n) is 4.83. The number of fused-ring (bicyclic) bond motifs is 1. The Morgan fingerprint density at radius 3 is 2.32 bits per heavy atom.